The number of nitrogens with two attached hydrogens (primary N) is 1. The van der Waals surface area contributed by atoms with Gasteiger partial charge in [-0.05, 0) is 23.8 Å². The third kappa shape index (κ3) is 3.42. The van der Waals surface area contributed by atoms with E-state index in [1.807, 2.05) is 0 Å². The van der Waals surface area contributed by atoms with Crippen LogP contribution in [0.2, 0.25) is 0 Å². The molecule has 0 fully saturated rings. The Morgan fingerprint density at radius 1 is 1.33 bits per heavy atom. The highest BCUT2D eigenvalue weighted by Gasteiger charge is 2.19. The summed E-state index contributed by atoms with van der Waals surface area (Å²) >= 11 is 0. The first-order chi connectivity index (χ1) is 10.0. The minimum absolute atomic E-state index is 0.126. The molecule has 1 heterocycles. The maximum atomic E-state index is 12.9. The molecule has 0 aliphatic carbocycles. The van der Waals surface area contributed by atoms with E-state index in [4.69, 9.17) is 5.84 Å². The fraction of sp³-hybridized carbons (Fsp3) is 0.154. The molecule has 0 bridgehead atoms. The van der Waals surface area contributed by atoms with Gasteiger partial charge in [0, 0.05) is 19.7 Å². The number of rotatable bonds is 5. The van der Waals surface area contributed by atoms with E-state index >= 15 is 0 Å². The summed E-state index contributed by atoms with van der Waals surface area (Å²) in [5.41, 5.74) is 3.03. The molecule has 8 heteroatoms. The van der Waals surface area contributed by atoms with Gasteiger partial charge in [0.25, 0.3) is 0 Å². The van der Waals surface area contributed by atoms with E-state index in [0.717, 1.165) is 5.56 Å². The summed E-state index contributed by atoms with van der Waals surface area (Å²) < 4.78 is 12.9. The summed E-state index contributed by atoms with van der Waals surface area (Å²) in [7, 11) is 1.67. The van der Waals surface area contributed by atoms with Gasteiger partial charge in [-0.15, -0.1) is 0 Å². The van der Waals surface area contributed by atoms with Crippen molar-refractivity contribution in [1.82, 2.24) is 4.98 Å². The number of hydrazine groups is 1. The van der Waals surface area contributed by atoms with Gasteiger partial charge in [0.1, 0.15) is 11.6 Å². The molecular formula is C13H14FN5O2. The van der Waals surface area contributed by atoms with Crippen molar-refractivity contribution in [2.24, 2.45) is 5.84 Å². The van der Waals surface area contributed by atoms with Gasteiger partial charge < -0.3 is 10.3 Å². The number of nitrogens with one attached hydrogen (secondary N) is 1. The molecule has 0 unspecified atom stereocenters. The molecule has 1 aromatic carbocycles. The summed E-state index contributed by atoms with van der Waals surface area (Å²) in [6.45, 7) is 0.349. The van der Waals surface area contributed by atoms with Gasteiger partial charge >= 0.3 is 5.69 Å². The van der Waals surface area contributed by atoms with Crippen LogP contribution in [0.1, 0.15) is 5.56 Å². The maximum absolute atomic E-state index is 12.9. The van der Waals surface area contributed by atoms with E-state index in [1.165, 1.54) is 24.3 Å². The van der Waals surface area contributed by atoms with Crippen LogP contribution >= 0.6 is 0 Å². The third-order valence-corrected chi connectivity index (χ3v) is 2.89. The van der Waals surface area contributed by atoms with Crippen LogP contribution < -0.4 is 16.2 Å². The van der Waals surface area contributed by atoms with E-state index in [2.05, 4.69) is 10.4 Å². The van der Waals surface area contributed by atoms with Crippen molar-refractivity contribution in [2.45, 2.75) is 6.54 Å². The van der Waals surface area contributed by atoms with Crippen molar-refractivity contribution >= 4 is 17.3 Å². The average molecular weight is 291 g/mol. The first-order valence-corrected chi connectivity index (χ1v) is 6.09. The van der Waals surface area contributed by atoms with Crippen LogP contribution in [0.25, 0.3) is 0 Å². The van der Waals surface area contributed by atoms with Crippen LogP contribution in [0, 0.1) is 15.9 Å². The van der Waals surface area contributed by atoms with Crippen LogP contribution in [0.4, 0.5) is 21.7 Å². The van der Waals surface area contributed by atoms with E-state index in [-0.39, 0.29) is 17.3 Å². The number of pyridine rings is 1. The fourth-order valence-electron chi connectivity index (χ4n) is 1.88. The maximum Gasteiger partial charge on any atom is 0.311 e. The third-order valence-electron chi connectivity index (χ3n) is 2.89. The Morgan fingerprint density at radius 3 is 2.57 bits per heavy atom. The summed E-state index contributed by atoms with van der Waals surface area (Å²) in [6.07, 6.45) is 0. The average Bonchev–Trinajstić information content (AvgIpc) is 2.48. The van der Waals surface area contributed by atoms with Gasteiger partial charge in [-0.2, -0.15) is 0 Å². The molecule has 0 aliphatic heterocycles. The first-order valence-electron chi connectivity index (χ1n) is 6.09. The lowest BCUT2D eigenvalue weighted by Gasteiger charge is -2.18. The van der Waals surface area contributed by atoms with Crippen molar-refractivity contribution in [3.63, 3.8) is 0 Å². The Morgan fingerprint density at radius 2 is 2.00 bits per heavy atom. The second kappa shape index (κ2) is 6.14. The number of aromatic nitrogens is 1. The lowest BCUT2D eigenvalue weighted by Crippen LogP contribution is -2.20. The van der Waals surface area contributed by atoms with Gasteiger partial charge in [-0.1, -0.05) is 12.1 Å². The SMILES string of the molecule is CN(Cc1ccc(F)cc1)c1nc(NN)ccc1[N+](=O)[O-]. The van der Waals surface area contributed by atoms with Gasteiger partial charge in [0.2, 0.25) is 5.82 Å². The number of nitrogens with zero attached hydrogens (tertiary/aromatic N) is 3. The van der Waals surface area contributed by atoms with Gasteiger partial charge in [0.15, 0.2) is 0 Å². The lowest BCUT2D eigenvalue weighted by molar-refractivity contribution is -0.384. The van der Waals surface area contributed by atoms with Crippen molar-refractivity contribution in [3.8, 4) is 0 Å². The standard InChI is InChI=1S/C13H14FN5O2/c1-18(8-9-2-4-10(14)5-3-9)13-11(19(20)21)6-7-12(16-13)17-15/h2-7H,8,15H2,1H3,(H,16,17). The summed E-state index contributed by atoms with van der Waals surface area (Å²) in [4.78, 5) is 16.3. The second-order valence-electron chi connectivity index (χ2n) is 4.42. The Balaban J connectivity index is 2.30. The number of nitrogen functional groups attached to an aromatic ring is 1. The zero-order valence-electron chi connectivity index (χ0n) is 11.3. The first kappa shape index (κ1) is 14.7. The molecule has 0 radical (unpaired) electrons. The quantitative estimate of drug-likeness (QED) is 0.497. The Hall–Kier alpha value is -2.74. The van der Waals surface area contributed by atoms with Crippen molar-refractivity contribution in [2.75, 3.05) is 17.4 Å². The zero-order chi connectivity index (χ0) is 15.4. The molecular weight excluding hydrogens is 277 g/mol. The van der Waals surface area contributed by atoms with Crippen LogP contribution in [0.15, 0.2) is 36.4 Å². The van der Waals surface area contributed by atoms with E-state index in [9.17, 15) is 14.5 Å². The molecule has 0 aliphatic rings. The highest BCUT2D eigenvalue weighted by molar-refractivity contribution is 5.61. The molecule has 2 rings (SSSR count). The molecule has 7 nitrogen and oxygen atoms in total. The number of hydrogen-bond acceptors (Lipinski definition) is 6. The molecule has 0 spiro atoms. The van der Waals surface area contributed by atoms with Crippen LogP contribution in [0.5, 0.6) is 0 Å². The minimum atomic E-state index is -0.510. The second-order valence-corrected chi connectivity index (χ2v) is 4.42. The van der Waals surface area contributed by atoms with Gasteiger partial charge in [-0.25, -0.2) is 15.2 Å². The van der Waals surface area contributed by atoms with Crippen molar-refractivity contribution in [1.29, 1.82) is 0 Å². The van der Waals surface area contributed by atoms with Gasteiger partial charge in [0.05, 0.1) is 4.92 Å². The number of anilines is 2. The molecule has 0 atom stereocenters. The largest absolute Gasteiger partial charge is 0.350 e. The molecule has 2 aromatic rings. The predicted molar refractivity (Wildman–Crippen MR) is 77.2 cm³/mol. The predicted octanol–water partition coefficient (Wildman–Crippen LogP) is 2.05. The smallest absolute Gasteiger partial charge is 0.311 e. The van der Waals surface area contributed by atoms with E-state index in [1.54, 1.807) is 24.1 Å². The molecule has 1 aromatic heterocycles. The highest BCUT2D eigenvalue weighted by atomic mass is 19.1. The monoisotopic (exact) mass is 291 g/mol. The fourth-order valence-corrected chi connectivity index (χ4v) is 1.88. The Kier molecular flexibility index (Phi) is 4.29. The normalized spacial score (nSPS) is 10.2. The number of halogens is 1. The number of nitro groups is 1. The van der Waals surface area contributed by atoms with Gasteiger partial charge in [-0.3, -0.25) is 10.1 Å². The molecule has 21 heavy (non-hydrogen) atoms. The van der Waals surface area contributed by atoms with Crippen molar-refractivity contribution in [3.05, 3.63) is 57.9 Å². The van der Waals surface area contributed by atoms with Crippen LogP contribution in [-0.2, 0) is 6.54 Å². The molecule has 0 amide bonds. The minimum Gasteiger partial charge on any atom is -0.350 e. The number of benzene rings is 1. The summed E-state index contributed by atoms with van der Waals surface area (Å²) in [5, 5.41) is 11.1. The topological polar surface area (TPSA) is 97.3 Å². The molecule has 110 valence electrons. The Bertz CT molecular complexity index is 648. The van der Waals surface area contributed by atoms with Crippen molar-refractivity contribution < 1.29 is 9.31 Å². The van der Waals surface area contributed by atoms with E-state index in [0.29, 0.717) is 12.4 Å². The van der Waals surface area contributed by atoms with Crippen LogP contribution in [-0.4, -0.2) is 17.0 Å². The molecule has 3 N–H and O–H groups in total. The van der Waals surface area contributed by atoms with E-state index < -0.39 is 4.92 Å². The summed E-state index contributed by atoms with van der Waals surface area (Å²) in [6, 6.07) is 8.66. The lowest BCUT2D eigenvalue weighted by atomic mass is 10.2. The number of hydrogen-bond donors (Lipinski definition) is 2. The summed E-state index contributed by atoms with van der Waals surface area (Å²) in [5.74, 6) is 5.44. The molecule has 0 saturated heterocycles. The Labute approximate surface area is 120 Å². The zero-order valence-corrected chi connectivity index (χ0v) is 11.3. The van der Waals surface area contributed by atoms with Crippen LogP contribution in [0.3, 0.4) is 0 Å². The molecule has 0 saturated carbocycles. The highest BCUT2D eigenvalue weighted by Crippen LogP contribution is 2.27.